The molecule has 1 aromatic carbocycles. The normalized spacial score (nSPS) is 26.3. The maximum Gasteiger partial charge on any atom is 0.240 e. The summed E-state index contributed by atoms with van der Waals surface area (Å²) in [6.07, 6.45) is 4.72. The standard InChI is InChI=1S/C16H21NO4S/c18-22(19,13-1-2-14-12(11-13)4-8-21-14)17-15-3-5-16(15)6-9-20-10-7-16/h1-2,11,15,17H,3-10H2. The average molecular weight is 323 g/mol. The Morgan fingerprint density at radius 1 is 1.14 bits per heavy atom. The zero-order valence-corrected chi connectivity index (χ0v) is 13.3. The average Bonchev–Trinajstić information content (AvgIpc) is 3.00. The lowest BCUT2D eigenvalue weighted by molar-refractivity contribution is -0.0483. The van der Waals surface area contributed by atoms with Crippen LogP contribution in [0.4, 0.5) is 0 Å². The molecule has 0 aromatic heterocycles. The van der Waals surface area contributed by atoms with E-state index in [9.17, 15) is 8.42 Å². The second-order valence-corrected chi connectivity index (χ2v) is 8.27. The summed E-state index contributed by atoms with van der Waals surface area (Å²) in [5, 5.41) is 0. The van der Waals surface area contributed by atoms with Crippen LogP contribution in [0.15, 0.2) is 23.1 Å². The van der Waals surface area contributed by atoms with Crippen LogP contribution in [0.3, 0.4) is 0 Å². The van der Waals surface area contributed by atoms with E-state index < -0.39 is 10.0 Å². The fourth-order valence-electron chi connectivity index (χ4n) is 3.84. The maximum absolute atomic E-state index is 12.7. The molecule has 120 valence electrons. The van der Waals surface area contributed by atoms with Crippen molar-refractivity contribution in [1.29, 1.82) is 0 Å². The Labute approximate surface area is 131 Å². The Hall–Kier alpha value is -1.11. The summed E-state index contributed by atoms with van der Waals surface area (Å²) < 4.78 is 39.2. The number of hydrogen-bond acceptors (Lipinski definition) is 4. The highest BCUT2D eigenvalue weighted by molar-refractivity contribution is 7.89. The maximum atomic E-state index is 12.7. The molecule has 22 heavy (non-hydrogen) atoms. The van der Waals surface area contributed by atoms with E-state index in [1.165, 1.54) is 0 Å². The van der Waals surface area contributed by atoms with Crippen molar-refractivity contribution in [2.45, 2.75) is 43.0 Å². The lowest BCUT2D eigenvalue weighted by atomic mass is 9.60. The van der Waals surface area contributed by atoms with Crippen LogP contribution in [-0.4, -0.2) is 34.3 Å². The first kappa shape index (κ1) is 14.5. The Morgan fingerprint density at radius 3 is 2.68 bits per heavy atom. The first-order valence-corrected chi connectivity index (χ1v) is 9.43. The third kappa shape index (κ3) is 2.33. The molecule has 1 unspecified atom stereocenters. The number of ether oxygens (including phenoxy) is 2. The van der Waals surface area contributed by atoms with E-state index in [1.54, 1.807) is 18.2 Å². The van der Waals surface area contributed by atoms with Crippen molar-refractivity contribution >= 4 is 10.0 Å². The molecular formula is C16H21NO4S. The molecule has 1 atom stereocenters. The van der Waals surface area contributed by atoms with Crippen LogP contribution < -0.4 is 9.46 Å². The second kappa shape index (κ2) is 5.22. The molecule has 3 aliphatic rings. The van der Waals surface area contributed by atoms with Crippen molar-refractivity contribution in [3.8, 4) is 5.75 Å². The Bertz CT molecular complexity index is 679. The first-order chi connectivity index (χ1) is 10.6. The van der Waals surface area contributed by atoms with Crippen LogP contribution >= 0.6 is 0 Å². The van der Waals surface area contributed by atoms with Crippen molar-refractivity contribution in [3.05, 3.63) is 23.8 Å². The summed E-state index contributed by atoms with van der Waals surface area (Å²) in [7, 11) is -3.46. The number of hydrogen-bond donors (Lipinski definition) is 1. The van der Waals surface area contributed by atoms with Gasteiger partial charge in [0.1, 0.15) is 5.75 Å². The molecule has 2 heterocycles. The monoisotopic (exact) mass is 323 g/mol. The number of nitrogens with one attached hydrogen (secondary N) is 1. The van der Waals surface area contributed by atoms with Crippen LogP contribution in [0.25, 0.3) is 0 Å². The van der Waals surface area contributed by atoms with E-state index in [0.717, 1.165) is 56.6 Å². The Balaban J connectivity index is 1.54. The zero-order chi connectivity index (χ0) is 15.2. The number of sulfonamides is 1. The smallest absolute Gasteiger partial charge is 0.240 e. The van der Waals surface area contributed by atoms with Gasteiger partial charge in [-0.3, -0.25) is 0 Å². The molecule has 1 aromatic rings. The van der Waals surface area contributed by atoms with Gasteiger partial charge in [-0.15, -0.1) is 0 Å². The molecule has 2 fully saturated rings. The predicted octanol–water partition coefficient (Wildman–Crippen LogP) is 1.86. The second-order valence-electron chi connectivity index (χ2n) is 6.56. The number of rotatable bonds is 3. The summed E-state index contributed by atoms with van der Waals surface area (Å²) in [5.41, 5.74) is 1.10. The van der Waals surface area contributed by atoms with Crippen LogP contribution in [0, 0.1) is 5.41 Å². The van der Waals surface area contributed by atoms with Crippen molar-refractivity contribution in [2.75, 3.05) is 19.8 Å². The molecule has 0 radical (unpaired) electrons. The third-order valence-corrected chi connectivity index (χ3v) is 6.90. The van der Waals surface area contributed by atoms with Gasteiger partial charge in [0.25, 0.3) is 0 Å². The zero-order valence-electron chi connectivity index (χ0n) is 12.5. The highest BCUT2D eigenvalue weighted by atomic mass is 32.2. The van der Waals surface area contributed by atoms with Crippen LogP contribution in [0.5, 0.6) is 5.75 Å². The van der Waals surface area contributed by atoms with Gasteiger partial charge in [-0.2, -0.15) is 0 Å². The van der Waals surface area contributed by atoms with Crippen molar-refractivity contribution in [2.24, 2.45) is 5.41 Å². The Kier molecular flexibility index (Phi) is 3.43. The van der Waals surface area contributed by atoms with Gasteiger partial charge in [-0.05, 0) is 54.9 Å². The van der Waals surface area contributed by atoms with Gasteiger partial charge in [0, 0.05) is 25.7 Å². The van der Waals surface area contributed by atoms with Crippen molar-refractivity contribution < 1.29 is 17.9 Å². The Morgan fingerprint density at radius 2 is 1.95 bits per heavy atom. The summed E-state index contributed by atoms with van der Waals surface area (Å²) >= 11 is 0. The van der Waals surface area contributed by atoms with Gasteiger partial charge < -0.3 is 9.47 Å². The van der Waals surface area contributed by atoms with E-state index >= 15 is 0 Å². The fraction of sp³-hybridized carbons (Fsp3) is 0.625. The van der Waals surface area contributed by atoms with Crippen molar-refractivity contribution in [1.82, 2.24) is 4.72 Å². The van der Waals surface area contributed by atoms with Gasteiger partial charge >= 0.3 is 0 Å². The minimum Gasteiger partial charge on any atom is -0.493 e. The van der Waals surface area contributed by atoms with E-state index in [0.29, 0.717) is 11.5 Å². The van der Waals surface area contributed by atoms with Gasteiger partial charge in [-0.25, -0.2) is 13.1 Å². The van der Waals surface area contributed by atoms with E-state index in [1.807, 2.05) is 0 Å². The predicted molar refractivity (Wildman–Crippen MR) is 81.5 cm³/mol. The molecule has 6 heteroatoms. The molecule has 4 rings (SSSR count). The summed E-state index contributed by atoms with van der Waals surface area (Å²) in [6.45, 7) is 2.13. The molecule has 1 N–H and O–H groups in total. The highest BCUT2D eigenvalue weighted by Gasteiger charge is 2.48. The minimum atomic E-state index is -3.46. The van der Waals surface area contributed by atoms with Crippen LogP contribution in [0.2, 0.25) is 0 Å². The molecule has 5 nitrogen and oxygen atoms in total. The lowest BCUT2D eigenvalue weighted by Gasteiger charge is -2.51. The molecule has 1 spiro atoms. The largest absolute Gasteiger partial charge is 0.493 e. The van der Waals surface area contributed by atoms with Gasteiger partial charge in [-0.1, -0.05) is 0 Å². The number of benzene rings is 1. The van der Waals surface area contributed by atoms with E-state index in [4.69, 9.17) is 9.47 Å². The topological polar surface area (TPSA) is 64.6 Å². The number of fused-ring (bicyclic) bond motifs is 1. The van der Waals surface area contributed by atoms with Crippen molar-refractivity contribution in [3.63, 3.8) is 0 Å². The molecule has 2 aliphatic heterocycles. The quantitative estimate of drug-likeness (QED) is 0.922. The van der Waals surface area contributed by atoms with Crippen LogP contribution in [-0.2, 0) is 21.2 Å². The molecule has 1 saturated heterocycles. The SMILES string of the molecule is O=S(=O)(NC1CCC12CCOCC2)c1ccc2c(c1)CCO2. The van der Waals surface area contributed by atoms with Gasteiger partial charge in [0.2, 0.25) is 10.0 Å². The van der Waals surface area contributed by atoms with Gasteiger partial charge in [0.05, 0.1) is 11.5 Å². The lowest BCUT2D eigenvalue weighted by Crippen LogP contribution is -2.57. The fourth-order valence-corrected chi connectivity index (χ4v) is 5.27. The molecule has 0 bridgehead atoms. The summed E-state index contributed by atoms with van der Waals surface area (Å²) in [4.78, 5) is 0.353. The highest BCUT2D eigenvalue weighted by Crippen LogP contribution is 2.49. The minimum absolute atomic E-state index is 0.0471. The van der Waals surface area contributed by atoms with E-state index in [2.05, 4.69) is 4.72 Å². The molecule has 1 aliphatic carbocycles. The molecule has 0 amide bonds. The first-order valence-electron chi connectivity index (χ1n) is 7.95. The van der Waals surface area contributed by atoms with Gasteiger partial charge in [0.15, 0.2) is 0 Å². The third-order valence-electron chi connectivity index (χ3n) is 5.43. The molecule has 1 saturated carbocycles. The van der Waals surface area contributed by atoms with Crippen LogP contribution in [0.1, 0.15) is 31.2 Å². The van der Waals surface area contributed by atoms with E-state index in [-0.39, 0.29) is 11.5 Å². The molecular weight excluding hydrogens is 302 g/mol. The summed E-state index contributed by atoms with van der Waals surface area (Å²) in [6, 6.07) is 5.20. The summed E-state index contributed by atoms with van der Waals surface area (Å²) in [5.74, 6) is 0.809.